The number of sulfonamides is 1. The van der Waals surface area contributed by atoms with E-state index < -0.39 is 10.0 Å². The van der Waals surface area contributed by atoms with Crippen LogP contribution >= 0.6 is 11.6 Å². The van der Waals surface area contributed by atoms with Crippen LogP contribution in [0.1, 0.15) is 6.42 Å². The van der Waals surface area contributed by atoms with E-state index in [0.717, 1.165) is 18.7 Å². The minimum absolute atomic E-state index is 0.0372. The van der Waals surface area contributed by atoms with Crippen molar-refractivity contribution in [3.8, 4) is 0 Å². The van der Waals surface area contributed by atoms with Crippen LogP contribution in [0, 0.1) is 0 Å². The Hall–Kier alpha value is -2.13. The first kappa shape index (κ1) is 23.5. The normalized spacial score (nSPS) is 15.5. The molecule has 31 heavy (non-hydrogen) atoms. The van der Waals surface area contributed by atoms with Gasteiger partial charge in [0.15, 0.2) is 0 Å². The number of carbonyl (C=O) groups excluding carboxylic acids is 1. The molecule has 1 aliphatic rings. The molecular formula is C22H29ClN4O3S. The first-order valence-electron chi connectivity index (χ1n) is 10.4. The number of nitrogens with zero attached hydrogens (tertiary/aromatic N) is 3. The highest BCUT2D eigenvalue weighted by Gasteiger charge is 2.30. The molecular weight excluding hydrogens is 436 g/mol. The van der Waals surface area contributed by atoms with Gasteiger partial charge in [0.25, 0.3) is 0 Å². The number of rotatable bonds is 9. The van der Waals surface area contributed by atoms with E-state index in [4.69, 9.17) is 11.6 Å². The number of benzene rings is 2. The number of hydrogen-bond donors (Lipinski definition) is 1. The van der Waals surface area contributed by atoms with E-state index >= 15 is 0 Å². The number of para-hydroxylation sites is 1. The summed E-state index contributed by atoms with van der Waals surface area (Å²) >= 11 is 6.07. The molecule has 0 bridgehead atoms. The molecule has 2 aromatic carbocycles. The van der Waals surface area contributed by atoms with Gasteiger partial charge in [-0.1, -0.05) is 41.9 Å². The van der Waals surface area contributed by atoms with Crippen LogP contribution in [-0.2, 0) is 14.8 Å². The number of halogens is 1. The first-order chi connectivity index (χ1) is 14.9. The highest BCUT2D eigenvalue weighted by atomic mass is 35.5. The Bertz CT molecular complexity index is 964. The second-order valence-corrected chi connectivity index (χ2v) is 9.88. The number of carbonyl (C=O) groups is 1. The molecule has 2 aromatic rings. The van der Waals surface area contributed by atoms with Gasteiger partial charge < -0.3 is 10.2 Å². The Labute approximate surface area is 189 Å². The summed E-state index contributed by atoms with van der Waals surface area (Å²) in [5.74, 6) is -0.0372. The lowest BCUT2D eigenvalue weighted by molar-refractivity contribution is -0.122. The fourth-order valence-electron chi connectivity index (χ4n) is 3.54. The van der Waals surface area contributed by atoms with E-state index in [1.54, 1.807) is 18.2 Å². The number of piperazine rings is 1. The predicted molar refractivity (Wildman–Crippen MR) is 124 cm³/mol. The van der Waals surface area contributed by atoms with Crippen LogP contribution in [-0.4, -0.2) is 76.4 Å². The third kappa shape index (κ3) is 6.43. The van der Waals surface area contributed by atoms with Gasteiger partial charge in [-0.25, -0.2) is 8.42 Å². The van der Waals surface area contributed by atoms with E-state index in [1.807, 2.05) is 30.1 Å². The maximum absolute atomic E-state index is 12.8. The monoisotopic (exact) mass is 464 g/mol. The number of hydrogen-bond acceptors (Lipinski definition) is 5. The molecule has 1 amide bonds. The Kier molecular flexibility index (Phi) is 8.31. The number of anilines is 1. The van der Waals surface area contributed by atoms with Crippen molar-refractivity contribution in [1.82, 2.24) is 14.5 Å². The average molecular weight is 465 g/mol. The minimum Gasteiger partial charge on any atom is -0.375 e. The van der Waals surface area contributed by atoms with Crippen molar-refractivity contribution in [2.24, 2.45) is 0 Å². The van der Waals surface area contributed by atoms with Gasteiger partial charge in [-0.3, -0.25) is 9.69 Å². The van der Waals surface area contributed by atoms with E-state index in [1.165, 1.54) is 10.4 Å². The van der Waals surface area contributed by atoms with Gasteiger partial charge in [0.1, 0.15) is 4.90 Å². The molecule has 168 valence electrons. The van der Waals surface area contributed by atoms with Gasteiger partial charge in [-0.15, -0.1) is 0 Å². The Morgan fingerprint density at radius 1 is 1.03 bits per heavy atom. The summed E-state index contributed by atoms with van der Waals surface area (Å²) in [4.78, 5) is 16.5. The summed E-state index contributed by atoms with van der Waals surface area (Å²) in [6.07, 6.45) is 0.848. The molecule has 0 aromatic heterocycles. The van der Waals surface area contributed by atoms with Crippen LogP contribution in [0.4, 0.5) is 5.69 Å². The Balaban J connectivity index is 1.38. The number of nitrogens with one attached hydrogen (secondary N) is 1. The molecule has 0 unspecified atom stereocenters. The zero-order chi connectivity index (χ0) is 22.3. The average Bonchev–Trinajstić information content (AvgIpc) is 2.77. The van der Waals surface area contributed by atoms with Crippen LogP contribution in [0.2, 0.25) is 5.02 Å². The van der Waals surface area contributed by atoms with Gasteiger partial charge in [0.05, 0.1) is 11.6 Å². The molecule has 1 saturated heterocycles. The minimum atomic E-state index is -3.62. The Morgan fingerprint density at radius 3 is 2.35 bits per heavy atom. The van der Waals surface area contributed by atoms with Crippen LogP contribution in [0.25, 0.3) is 0 Å². The largest absolute Gasteiger partial charge is 0.375 e. The summed E-state index contributed by atoms with van der Waals surface area (Å²) in [6, 6.07) is 16.6. The molecule has 1 heterocycles. The van der Waals surface area contributed by atoms with Gasteiger partial charge in [-0.05, 0) is 30.7 Å². The SMILES string of the molecule is CN(CCCNC(=O)CN1CCN(S(=O)(=O)c2ccccc2Cl)CC1)c1ccccc1. The van der Waals surface area contributed by atoms with Gasteiger partial charge in [-0.2, -0.15) is 4.31 Å². The van der Waals surface area contributed by atoms with E-state index in [0.29, 0.717) is 32.7 Å². The predicted octanol–water partition coefficient (Wildman–Crippen LogP) is 2.29. The Morgan fingerprint density at radius 2 is 1.68 bits per heavy atom. The van der Waals surface area contributed by atoms with Crippen molar-refractivity contribution in [2.45, 2.75) is 11.3 Å². The standard InChI is InChI=1S/C22H29ClN4O3S/c1-25(19-8-3-2-4-9-19)13-7-12-24-22(28)18-26-14-16-27(17-15-26)31(29,30)21-11-6-5-10-20(21)23/h2-6,8-11H,7,12-18H2,1H3,(H,24,28). The van der Waals surface area contributed by atoms with Crippen LogP contribution < -0.4 is 10.2 Å². The maximum Gasteiger partial charge on any atom is 0.244 e. The molecule has 1 fully saturated rings. The zero-order valence-electron chi connectivity index (χ0n) is 17.7. The molecule has 0 saturated carbocycles. The summed E-state index contributed by atoms with van der Waals surface area (Å²) in [7, 11) is -1.59. The summed E-state index contributed by atoms with van der Waals surface area (Å²) < 4.78 is 27.0. The third-order valence-corrected chi connectivity index (χ3v) is 7.74. The van der Waals surface area contributed by atoms with Gasteiger partial charge >= 0.3 is 0 Å². The maximum atomic E-state index is 12.8. The van der Waals surface area contributed by atoms with Crippen molar-refractivity contribution < 1.29 is 13.2 Å². The van der Waals surface area contributed by atoms with E-state index in [-0.39, 0.29) is 22.4 Å². The lowest BCUT2D eigenvalue weighted by atomic mass is 10.3. The van der Waals surface area contributed by atoms with Crippen molar-refractivity contribution in [3.63, 3.8) is 0 Å². The van der Waals surface area contributed by atoms with E-state index in [2.05, 4.69) is 22.3 Å². The van der Waals surface area contributed by atoms with Crippen molar-refractivity contribution >= 4 is 33.2 Å². The molecule has 9 heteroatoms. The molecule has 0 radical (unpaired) electrons. The second kappa shape index (κ2) is 10.9. The quantitative estimate of drug-likeness (QED) is 0.576. The summed E-state index contributed by atoms with van der Waals surface area (Å²) in [5, 5.41) is 3.18. The fraction of sp³-hybridized carbons (Fsp3) is 0.409. The van der Waals surface area contributed by atoms with Crippen LogP contribution in [0.5, 0.6) is 0 Å². The van der Waals surface area contributed by atoms with Crippen molar-refractivity contribution in [3.05, 3.63) is 59.6 Å². The fourth-order valence-corrected chi connectivity index (χ4v) is 5.45. The molecule has 1 aliphatic heterocycles. The van der Waals surface area contributed by atoms with Gasteiger partial charge in [0.2, 0.25) is 15.9 Å². The van der Waals surface area contributed by atoms with Crippen LogP contribution in [0.3, 0.4) is 0 Å². The molecule has 1 N–H and O–H groups in total. The lowest BCUT2D eigenvalue weighted by Gasteiger charge is -2.33. The van der Waals surface area contributed by atoms with Gasteiger partial charge in [0, 0.05) is 52.0 Å². The highest BCUT2D eigenvalue weighted by molar-refractivity contribution is 7.89. The molecule has 3 rings (SSSR count). The summed E-state index contributed by atoms with van der Waals surface area (Å²) in [6.45, 7) is 3.42. The van der Waals surface area contributed by atoms with Crippen LogP contribution in [0.15, 0.2) is 59.5 Å². The number of amides is 1. The molecule has 0 atom stereocenters. The van der Waals surface area contributed by atoms with Crippen molar-refractivity contribution in [2.75, 3.05) is 57.8 Å². The lowest BCUT2D eigenvalue weighted by Crippen LogP contribution is -2.51. The molecule has 0 spiro atoms. The topological polar surface area (TPSA) is 73.0 Å². The smallest absolute Gasteiger partial charge is 0.244 e. The zero-order valence-corrected chi connectivity index (χ0v) is 19.3. The second-order valence-electron chi connectivity index (χ2n) is 7.57. The summed E-state index contributed by atoms with van der Waals surface area (Å²) in [5.41, 5.74) is 1.15. The van der Waals surface area contributed by atoms with Crippen molar-refractivity contribution in [1.29, 1.82) is 0 Å². The molecule has 0 aliphatic carbocycles. The third-order valence-electron chi connectivity index (χ3n) is 5.34. The highest BCUT2D eigenvalue weighted by Crippen LogP contribution is 2.24. The first-order valence-corrected chi connectivity index (χ1v) is 12.2. The van der Waals surface area contributed by atoms with E-state index in [9.17, 15) is 13.2 Å². The molecule has 7 nitrogen and oxygen atoms in total.